The van der Waals surface area contributed by atoms with Crippen molar-refractivity contribution in [2.24, 2.45) is 0 Å². The molecule has 0 unspecified atom stereocenters. The molecule has 0 aliphatic rings. The van der Waals surface area contributed by atoms with Gasteiger partial charge in [-0.05, 0) is 31.0 Å². The molecule has 2 rings (SSSR count). The van der Waals surface area contributed by atoms with Gasteiger partial charge in [-0.1, -0.05) is 13.8 Å². The first-order chi connectivity index (χ1) is 10.1. The normalized spacial score (nSPS) is 10.7. The molecule has 5 nitrogen and oxygen atoms in total. The molecule has 0 bridgehead atoms. The average molecular weight is 285 g/mol. The van der Waals surface area contributed by atoms with Crippen LogP contribution in [0.2, 0.25) is 0 Å². The minimum absolute atomic E-state index is 0.298. The molecular formula is C16H23N5. The van der Waals surface area contributed by atoms with Crippen molar-refractivity contribution >= 4 is 11.6 Å². The van der Waals surface area contributed by atoms with Crippen molar-refractivity contribution in [1.82, 2.24) is 15.0 Å². The van der Waals surface area contributed by atoms with E-state index in [0.29, 0.717) is 5.92 Å². The van der Waals surface area contributed by atoms with Crippen LogP contribution in [0.1, 0.15) is 43.6 Å². The zero-order chi connectivity index (χ0) is 15.2. The molecule has 0 amide bonds. The maximum Gasteiger partial charge on any atom is 0.135 e. The highest BCUT2D eigenvalue weighted by Crippen LogP contribution is 2.18. The molecule has 0 fully saturated rings. The first kappa shape index (κ1) is 15.2. The van der Waals surface area contributed by atoms with Gasteiger partial charge in [-0.3, -0.25) is 4.98 Å². The van der Waals surface area contributed by atoms with Crippen LogP contribution in [0.3, 0.4) is 0 Å². The molecule has 0 aliphatic heterocycles. The second kappa shape index (κ2) is 7.02. The number of nitrogens with one attached hydrogen (secondary N) is 2. The van der Waals surface area contributed by atoms with E-state index in [1.807, 2.05) is 24.5 Å². The lowest BCUT2D eigenvalue weighted by molar-refractivity contribution is 0.775. The number of aryl methyl sites for hydroxylation is 1. The third-order valence-corrected chi connectivity index (χ3v) is 3.21. The quantitative estimate of drug-likeness (QED) is 0.852. The van der Waals surface area contributed by atoms with E-state index in [-0.39, 0.29) is 0 Å². The van der Waals surface area contributed by atoms with Gasteiger partial charge in [-0.15, -0.1) is 0 Å². The van der Waals surface area contributed by atoms with Crippen LogP contribution in [0, 0.1) is 6.92 Å². The van der Waals surface area contributed by atoms with Gasteiger partial charge in [0.25, 0.3) is 0 Å². The van der Waals surface area contributed by atoms with Crippen molar-refractivity contribution in [3.8, 4) is 0 Å². The van der Waals surface area contributed by atoms with Gasteiger partial charge < -0.3 is 10.6 Å². The third-order valence-electron chi connectivity index (χ3n) is 3.21. The third kappa shape index (κ3) is 4.15. The topological polar surface area (TPSA) is 62.7 Å². The fourth-order valence-corrected chi connectivity index (χ4v) is 1.97. The van der Waals surface area contributed by atoms with E-state index >= 15 is 0 Å². The molecule has 5 heteroatoms. The summed E-state index contributed by atoms with van der Waals surface area (Å²) in [6.07, 6.45) is 3.69. The van der Waals surface area contributed by atoms with Crippen LogP contribution in [-0.2, 0) is 6.54 Å². The molecule has 21 heavy (non-hydrogen) atoms. The van der Waals surface area contributed by atoms with Gasteiger partial charge in [0.2, 0.25) is 0 Å². The number of aromatic nitrogens is 3. The summed E-state index contributed by atoms with van der Waals surface area (Å²) >= 11 is 0. The maximum absolute atomic E-state index is 4.58. The Morgan fingerprint density at radius 2 is 1.86 bits per heavy atom. The summed E-state index contributed by atoms with van der Waals surface area (Å²) in [6.45, 7) is 9.90. The number of anilines is 2. The van der Waals surface area contributed by atoms with Gasteiger partial charge in [0.15, 0.2) is 0 Å². The zero-order valence-corrected chi connectivity index (χ0v) is 13.1. The molecule has 0 aromatic carbocycles. The summed E-state index contributed by atoms with van der Waals surface area (Å²) in [5.74, 6) is 2.86. The number of hydrogen-bond acceptors (Lipinski definition) is 5. The monoisotopic (exact) mass is 285 g/mol. The molecule has 2 aromatic heterocycles. The fraction of sp³-hybridized carbons (Fsp3) is 0.438. The first-order valence-electron chi connectivity index (χ1n) is 7.36. The largest absolute Gasteiger partial charge is 0.370 e. The van der Waals surface area contributed by atoms with Crippen molar-refractivity contribution < 1.29 is 0 Å². The lowest BCUT2D eigenvalue weighted by atomic mass is 10.1. The van der Waals surface area contributed by atoms with Gasteiger partial charge in [0.05, 0.1) is 0 Å². The van der Waals surface area contributed by atoms with E-state index in [9.17, 15) is 0 Å². The maximum atomic E-state index is 4.58. The average Bonchev–Trinajstić information content (AvgIpc) is 2.46. The standard InChI is InChI=1S/C16H23N5/c1-5-18-14-8-15(21-16(20-14)11(2)3)19-10-13-6-7-17-9-12(13)4/h6-9,11H,5,10H2,1-4H3,(H2,18,19,20,21). The number of nitrogens with zero attached hydrogens (tertiary/aromatic N) is 3. The van der Waals surface area contributed by atoms with Crippen LogP contribution in [-0.4, -0.2) is 21.5 Å². The second-order valence-electron chi connectivity index (χ2n) is 5.34. The molecule has 2 aromatic rings. The smallest absolute Gasteiger partial charge is 0.135 e. The van der Waals surface area contributed by atoms with Crippen molar-refractivity contribution in [1.29, 1.82) is 0 Å². The van der Waals surface area contributed by atoms with Crippen LogP contribution in [0.4, 0.5) is 11.6 Å². The SMILES string of the molecule is CCNc1cc(NCc2ccncc2C)nc(C(C)C)n1. The fourth-order valence-electron chi connectivity index (χ4n) is 1.97. The summed E-state index contributed by atoms with van der Waals surface area (Å²) in [7, 11) is 0. The van der Waals surface area contributed by atoms with Crippen LogP contribution < -0.4 is 10.6 Å². The lowest BCUT2D eigenvalue weighted by Crippen LogP contribution is -2.09. The van der Waals surface area contributed by atoms with Crippen LogP contribution in [0.15, 0.2) is 24.5 Å². The van der Waals surface area contributed by atoms with Crippen molar-refractivity contribution in [2.75, 3.05) is 17.2 Å². The van der Waals surface area contributed by atoms with Gasteiger partial charge >= 0.3 is 0 Å². The predicted molar refractivity (Wildman–Crippen MR) is 86.6 cm³/mol. The van der Waals surface area contributed by atoms with E-state index in [0.717, 1.165) is 30.5 Å². The Bertz CT molecular complexity index is 595. The Morgan fingerprint density at radius 3 is 2.48 bits per heavy atom. The summed E-state index contributed by atoms with van der Waals surface area (Å²) in [6, 6.07) is 3.98. The molecule has 0 aliphatic carbocycles. The molecule has 0 radical (unpaired) electrons. The second-order valence-corrected chi connectivity index (χ2v) is 5.34. The van der Waals surface area contributed by atoms with Gasteiger partial charge in [0, 0.05) is 37.5 Å². The Labute approximate surface area is 126 Å². The van der Waals surface area contributed by atoms with Gasteiger partial charge in [0.1, 0.15) is 17.5 Å². The van der Waals surface area contributed by atoms with Crippen LogP contribution in [0.5, 0.6) is 0 Å². The van der Waals surface area contributed by atoms with Crippen LogP contribution >= 0.6 is 0 Å². The summed E-state index contributed by atoms with van der Waals surface area (Å²) < 4.78 is 0. The molecule has 2 N–H and O–H groups in total. The minimum Gasteiger partial charge on any atom is -0.370 e. The Balaban J connectivity index is 2.17. The molecule has 0 spiro atoms. The summed E-state index contributed by atoms with van der Waals surface area (Å²) in [5, 5.41) is 6.63. The molecule has 2 heterocycles. The summed E-state index contributed by atoms with van der Waals surface area (Å²) in [5.41, 5.74) is 2.40. The van der Waals surface area contributed by atoms with Gasteiger partial charge in [-0.25, -0.2) is 9.97 Å². The lowest BCUT2D eigenvalue weighted by Gasteiger charge is -2.13. The molecular weight excluding hydrogens is 262 g/mol. The van der Waals surface area contributed by atoms with Crippen molar-refractivity contribution in [2.45, 2.75) is 40.2 Å². The van der Waals surface area contributed by atoms with Crippen molar-refractivity contribution in [3.05, 3.63) is 41.5 Å². The zero-order valence-electron chi connectivity index (χ0n) is 13.1. The van der Waals surface area contributed by atoms with E-state index in [1.54, 1.807) is 0 Å². The molecule has 0 atom stereocenters. The Hall–Kier alpha value is -2.17. The number of pyridine rings is 1. The number of hydrogen-bond donors (Lipinski definition) is 2. The highest BCUT2D eigenvalue weighted by Gasteiger charge is 2.08. The highest BCUT2D eigenvalue weighted by molar-refractivity contribution is 5.48. The molecule has 0 saturated heterocycles. The number of rotatable bonds is 6. The Morgan fingerprint density at radius 1 is 1.14 bits per heavy atom. The van der Waals surface area contributed by atoms with Gasteiger partial charge in [-0.2, -0.15) is 0 Å². The van der Waals surface area contributed by atoms with E-state index in [2.05, 4.69) is 53.3 Å². The van der Waals surface area contributed by atoms with E-state index in [1.165, 1.54) is 11.1 Å². The van der Waals surface area contributed by atoms with Crippen LogP contribution in [0.25, 0.3) is 0 Å². The predicted octanol–water partition coefficient (Wildman–Crippen LogP) is 3.35. The van der Waals surface area contributed by atoms with E-state index in [4.69, 9.17) is 0 Å². The molecule has 0 saturated carbocycles. The Kier molecular flexibility index (Phi) is 5.09. The molecule has 112 valence electrons. The van der Waals surface area contributed by atoms with Crippen molar-refractivity contribution in [3.63, 3.8) is 0 Å². The minimum atomic E-state index is 0.298. The van der Waals surface area contributed by atoms with E-state index < -0.39 is 0 Å². The first-order valence-corrected chi connectivity index (χ1v) is 7.36. The summed E-state index contributed by atoms with van der Waals surface area (Å²) in [4.78, 5) is 13.2. The highest BCUT2D eigenvalue weighted by atomic mass is 15.1.